The highest BCUT2D eigenvalue weighted by Gasteiger charge is 2.25. The molecule has 0 spiro atoms. The van der Waals surface area contributed by atoms with Gasteiger partial charge in [-0.05, 0) is 57.6 Å². The highest BCUT2D eigenvalue weighted by molar-refractivity contribution is 5.96. The van der Waals surface area contributed by atoms with Crippen molar-refractivity contribution in [1.29, 1.82) is 0 Å². The van der Waals surface area contributed by atoms with E-state index in [4.69, 9.17) is 5.73 Å². The van der Waals surface area contributed by atoms with E-state index in [-0.39, 0.29) is 30.3 Å². The number of nitrogens with two attached hydrogens (primary N) is 1. The topological polar surface area (TPSA) is 78.7 Å². The van der Waals surface area contributed by atoms with Gasteiger partial charge in [0.05, 0.1) is 0 Å². The van der Waals surface area contributed by atoms with Gasteiger partial charge in [-0.2, -0.15) is 0 Å². The molecule has 1 saturated heterocycles. The number of carbonyl (C=O) groups is 2. The van der Waals surface area contributed by atoms with Crippen LogP contribution in [0.2, 0.25) is 0 Å². The minimum absolute atomic E-state index is 0.0174. The molecule has 2 rings (SSSR count). The fourth-order valence-electron chi connectivity index (χ4n) is 3.03. The molecule has 0 bridgehead atoms. The van der Waals surface area contributed by atoms with Crippen molar-refractivity contribution in [2.75, 3.05) is 32.5 Å². The molecule has 1 heterocycles. The summed E-state index contributed by atoms with van der Waals surface area (Å²) in [4.78, 5) is 28.4. The number of nitrogens with one attached hydrogen (secondary N) is 1. The normalized spacial score (nSPS) is 19.6. The summed E-state index contributed by atoms with van der Waals surface area (Å²) in [6.07, 6.45) is 2.43. The average molecular weight is 332 g/mol. The molecule has 2 atom stereocenters. The fraction of sp³-hybridized carbons (Fsp3) is 0.556. The van der Waals surface area contributed by atoms with Crippen molar-refractivity contribution in [3.05, 3.63) is 29.8 Å². The van der Waals surface area contributed by atoms with Crippen LogP contribution in [0, 0.1) is 0 Å². The first-order valence-electron chi connectivity index (χ1n) is 8.48. The Kier molecular flexibility index (Phi) is 6.34. The predicted molar refractivity (Wildman–Crippen MR) is 96.0 cm³/mol. The maximum atomic E-state index is 12.6. The third-order valence-electron chi connectivity index (χ3n) is 4.39. The average Bonchev–Trinajstić information content (AvgIpc) is 2.53. The number of likely N-dealkylation sites (tertiary alicyclic amines) is 1. The molecule has 1 fully saturated rings. The maximum Gasteiger partial charge on any atom is 0.253 e. The van der Waals surface area contributed by atoms with Gasteiger partial charge in [0, 0.05) is 43.3 Å². The Morgan fingerprint density at radius 1 is 1.38 bits per heavy atom. The Balaban J connectivity index is 1.96. The van der Waals surface area contributed by atoms with Crippen LogP contribution in [0.15, 0.2) is 24.3 Å². The van der Waals surface area contributed by atoms with Crippen LogP contribution in [-0.4, -0.2) is 60.9 Å². The second-order valence-corrected chi connectivity index (χ2v) is 6.78. The predicted octanol–water partition coefficient (Wildman–Crippen LogP) is 1.53. The van der Waals surface area contributed by atoms with E-state index in [0.717, 1.165) is 25.9 Å². The number of carbonyl (C=O) groups excluding carboxylic acids is 2. The molecule has 24 heavy (non-hydrogen) atoms. The van der Waals surface area contributed by atoms with E-state index in [1.165, 1.54) is 0 Å². The van der Waals surface area contributed by atoms with Crippen molar-refractivity contribution in [3.8, 4) is 0 Å². The summed E-state index contributed by atoms with van der Waals surface area (Å²) in [5.41, 5.74) is 6.92. The van der Waals surface area contributed by atoms with Crippen molar-refractivity contribution in [1.82, 2.24) is 9.80 Å². The van der Waals surface area contributed by atoms with Gasteiger partial charge in [0.1, 0.15) is 0 Å². The number of piperidine rings is 1. The number of hydrogen-bond donors (Lipinski definition) is 2. The third-order valence-corrected chi connectivity index (χ3v) is 4.39. The zero-order valence-corrected chi connectivity index (χ0v) is 14.8. The molecule has 132 valence electrons. The zero-order chi connectivity index (χ0) is 17.7. The van der Waals surface area contributed by atoms with E-state index in [2.05, 4.69) is 17.3 Å². The number of amides is 2. The second kappa shape index (κ2) is 8.26. The lowest BCUT2D eigenvalue weighted by atomic mass is 10.0. The molecule has 3 N–H and O–H groups in total. The van der Waals surface area contributed by atoms with E-state index < -0.39 is 0 Å². The van der Waals surface area contributed by atoms with Gasteiger partial charge in [0.2, 0.25) is 5.91 Å². The van der Waals surface area contributed by atoms with Crippen LogP contribution < -0.4 is 11.1 Å². The lowest BCUT2D eigenvalue weighted by Crippen LogP contribution is -2.47. The highest BCUT2D eigenvalue weighted by atomic mass is 16.2. The lowest BCUT2D eigenvalue weighted by molar-refractivity contribution is -0.116. The molecule has 0 radical (unpaired) electrons. The van der Waals surface area contributed by atoms with Crippen LogP contribution in [0.1, 0.15) is 36.5 Å². The first-order valence-corrected chi connectivity index (χ1v) is 8.48. The van der Waals surface area contributed by atoms with Gasteiger partial charge >= 0.3 is 0 Å². The summed E-state index contributed by atoms with van der Waals surface area (Å²) in [6.45, 7) is 3.79. The van der Waals surface area contributed by atoms with Crippen molar-refractivity contribution >= 4 is 17.5 Å². The largest absolute Gasteiger partial charge is 0.337 e. The van der Waals surface area contributed by atoms with Gasteiger partial charge in [0.25, 0.3) is 5.91 Å². The van der Waals surface area contributed by atoms with Crippen LogP contribution in [-0.2, 0) is 4.79 Å². The molecule has 0 saturated carbocycles. The van der Waals surface area contributed by atoms with E-state index in [0.29, 0.717) is 11.3 Å². The Bertz CT molecular complexity index is 571. The Morgan fingerprint density at radius 3 is 2.62 bits per heavy atom. The number of benzene rings is 1. The monoisotopic (exact) mass is 332 g/mol. The second-order valence-electron chi connectivity index (χ2n) is 6.78. The number of hydrogen-bond acceptors (Lipinski definition) is 4. The minimum Gasteiger partial charge on any atom is -0.337 e. The van der Waals surface area contributed by atoms with Crippen LogP contribution in [0.5, 0.6) is 0 Å². The SMILES string of the molecule is CC(N)CC(=O)Nc1ccc(C(=O)N(C)C2CCCN(C)C2)cc1. The smallest absolute Gasteiger partial charge is 0.253 e. The summed E-state index contributed by atoms with van der Waals surface area (Å²) >= 11 is 0. The molecule has 2 unspecified atom stereocenters. The molecule has 6 nitrogen and oxygen atoms in total. The molecule has 1 aromatic carbocycles. The molecule has 1 aliphatic rings. The Morgan fingerprint density at radius 2 is 2.04 bits per heavy atom. The number of anilines is 1. The first kappa shape index (κ1) is 18.4. The first-order chi connectivity index (χ1) is 11.4. The summed E-state index contributed by atoms with van der Waals surface area (Å²) in [7, 11) is 3.95. The summed E-state index contributed by atoms with van der Waals surface area (Å²) < 4.78 is 0. The maximum absolute atomic E-state index is 12.6. The van der Waals surface area contributed by atoms with Crippen molar-refractivity contribution in [2.45, 2.75) is 38.3 Å². The number of likely N-dealkylation sites (N-methyl/N-ethyl adjacent to an activating group) is 2. The third kappa shape index (κ3) is 5.04. The molecule has 1 aliphatic heterocycles. The molecule has 1 aromatic rings. The van der Waals surface area contributed by atoms with Gasteiger partial charge in [-0.3, -0.25) is 9.59 Å². The van der Waals surface area contributed by atoms with Crippen LogP contribution in [0.3, 0.4) is 0 Å². The molecular weight excluding hydrogens is 304 g/mol. The van der Waals surface area contributed by atoms with E-state index in [9.17, 15) is 9.59 Å². The van der Waals surface area contributed by atoms with E-state index in [1.807, 2.05) is 11.9 Å². The highest BCUT2D eigenvalue weighted by Crippen LogP contribution is 2.17. The number of rotatable bonds is 5. The van der Waals surface area contributed by atoms with Crippen molar-refractivity contribution in [2.24, 2.45) is 5.73 Å². The quantitative estimate of drug-likeness (QED) is 0.857. The van der Waals surface area contributed by atoms with Gasteiger partial charge in [-0.1, -0.05) is 0 Å². The number of nitrogens with zero attached hydrogens (tertiary/aromatic N) is 2. The molecular formula is C18H28N4O2. The minimum atomic E-state index is -0.173. The van der Waals surface area contributed by atoms with Crippen LogP contribution in [0.4, 0.5) is 5.69 Å². The standard InChI is InChI=1S/C18H28N4O2/c1-13(19)11-17(23)20-15-8-6-14(7-9-15)18(24)22(3)16-5-4-10-21(2)12-16/h6-9,13,16H,4-5,10-12,19H2,1-3H3,(H,20,23). The zero-order valence-electron chi connectivity index (χ0n) is 14.8. The Hall–Kier alpha value is -1.92. The molecule has 0 aromatic heterocycles. The summed E-state index contributed by atoms with van der Waals surface area (Å²) in [5, 5.41) is 2.79. The van der Waals surface area contributed by atoms with Crippen molar-refractivity contribution < 1.29 is 9.59 Å². The summed E-state index contributed by atoms with van der Waals surface area (Å²) in [6, 6.07) is 7.11. The lowest BCUT2D eigenvalue weighted by Gasteiger charge is -2.35. The van der Waals surface area contributed by atoms with Crippen molar-refractivity contribution in [3.63, 3.8) is 0 Å². The van der Waals surface area contributed by atoms with Gasteiger partial charge in [-0.15, -0.1) is 0 Å². The van der Waals surface area contributed by atoms with Gasteiger partial charge < -0.3 is 20.9 Å². The fourth-order valence-corrected chi connectivity index (χ4v) is 3.03. The molecule has 0 aliphatic carbocycles. The van der Waals surface area contributed by atoms with E-state index in [1.54, 1.807) is 31.2 Å². The van der Waals surface area contributed by atoms with Crippen LogP contribution in [0.25, 0.3) is 0 Å². The van der Waals surface area contributed by atoms with Crippen LogP contribution >= 0.6 is 0 Å². The Labute approximate surface area is 144 Å². The van der Waals surface area contributed by atoms with Gasteiger partial charge in [0.15, 0.2) is 0 Å². The molecule has 6 heteroatoms. The van der Waals surface area contributed by atoms with E-state index >= 15 is 0 Å². The summed E-state index contributed by atoms with van der Waals surface area (Å²) in [5.74, 6) is -0.102. The van der Waals surface area contributed by atoms with Gasteiger partial charge in [-0.25, -0.2) is 0 Å². The molecule has 2 amide bonds.